The number of fused-ring (bicyclic) bond motifs is 3. The number of anilines is 1. The van der Waals surface area contributed by atoms with Gasteiger partial charge >= 0.3 is 0 Å². The van der Waals surface area contributed by atoms with E-state index in [1.54, 1.807) is 0 Å². The summed E-state index contributed by atoms with van der Waals surface area (Å²) in [5, 5.41) is 8.59. The van der Waals surface area contributed by atoms with Crippen LogP contribution in [0.25, 0.3) is 28.2 Å². The molecule has 6 nitrogen and oxygen atoms in total. The van der Waals surface area contributed by atoms with Crippen molar-refractivity contribution in [3.63, 3.8) is 0 Å². The second kappa shape index (κ2) is 6.14. The van der Waals surface area contributed by atoms with Gasteiger partial charge < -0.3 is 10.2 Å². The Kier molecular flexibility index (Phi) is 3.46. The van der Waals surface area contributed by atoms with Gasteiger partial charge in [-0.2, -0.15) is 0 Å². The first kappa shape index (κ1) is 15.8. The standard InChI is InChI=1S/C22H20N6/c1-2-4-15(5-3-1)21-22(16-8-10-23-11-9-16)28-19(25-21)6-7-20(26-28)27-14-17-12-18(27)13-24-17/h1-11,17-18,24H,12-14H2. The van der Waals surface area contributed by atoms with Crippen LogP contribution in [-0.4, -0.2) is 44.8 Å². The van der Waals surface area contributed by atoms with Crippen molar-refractivity contribution in [2.24, 2.45) is 0 Å². The average molecular weight is 368 g/mol. The third-order valence-electron chi connectivity index (χ3n) is 5.82. The number of aromatic nitrogens is 4. The fourth-order valence-electron chi connectivity index (χ4n) is 4.48. The summed E-state index contributed by atoms with van der Waals surface area (Å²) in [6.07, 6.45) is 4.84. The number of rotatable bonds is 3. The minimum absolute atomic E-state index is 0.538. The number of hydrogen-bond donors (Lipinski definition) is 1. The highest BCUT2D eigenvalue weighted by Crippen LogP contribution is 2.34. The van der Waals surface area contributed by atoms with Crippen molar-refractivity contribution in [1.29, 1.82) is 0 Å². The molecule has 2 bridgehead atoms. The van der Waals surface area contributed by atoms with Crippen LogP contribution in [0.2, 0.25) is 0 Å². The minimum atomic E-state index is 0.538. The number of nitrogens with one attached hydrogen (secondary N) is 1. The molecule has 5 heterocycles. The number of hydrogen-bond acceptors (Lipinski definition) is 5. The summed E-state index contributed by atoms with van der Waals surface area (Å²) < 4.78 is 1.99. The molecule has 1 N–H and O–H groups in total. The Balaban J connectivity index is 1.56. The van der Waals surface area contributed by atoms with Crippen molar-refractivity contribution in [3.05, 3.63) is 67.0 Å². The van der Waals surface area contributed by atoms with Gasteiger partial charge in [0.15, 0.2) is 5.65 Å². The molecule has 2 aliphatic heterocycles. The molecule has 2 aliphatic rings. The molecule has 0 aliphatic carbocycles. The van der Waals surface area contributed by atoms with Crippen molar-refractivity contribution in [2.75, 3.05) is 18.0 Å². The van der Waals surface area contributed by atoms with E-state index in [2.05, 4.69) is 39.5 Å². The topological polar surface area (TPSA) is 58.4 Å². The Labute approximate surface area is 162 Å². The van der Waals surface area contributed by atoms with Gasteiger partial charge in [0, 0.05) is 48.7 Å². The summed E-state index contributed by atoms with van der Waals surface area (Å²) in [6.45, 7) is 2.06. The van der Waals surface area contributed by atoms with Gasteiger partial charge in [-0.3, -0.25) is 4.98 Å². The predicted octanol–water partition coefficient (Wildman–Crippen LogP) is 3.01. The number of benzene rings is 1. The van der Waals surface area contributed by atoms with Crippen LogP contribution in [0.3, 0.4) is 0 Å². The van der Waals surface area contributed by atoms with Crippen LogP contribution in [0.15, 0.2) is 67.0 Å². The van der Waals surface area contributed by atoms with Crippen LogP contribution in [0.4, 0.5) is 5.82 Å². The first-order valence-electron chi connectivity index (χ1n) is 9.72. The third kappa shape index (κ3) is 2.42. The van der Waals surface area contributed by atoms with E-state index in [9.17, 15) is 0 Å². The normalized spacial score (nSPS) is 20.9. The van der Waals surface area contributed by atoms with E-state index < -0.39 is 0 Å². The van der Waals surface area contributed by atoms with Gasteiger partial charge in [0.1, 0.15) is 11.5 Å². The molecule has 0 radical (unpaired) electrons. The molecule has 6 rings (SSSR count). The largest absolute Gasteiger partial charge is 0.349 e. The first-order chi connectivity index (χ1) is 13.9. The zero-order chi connectivity index (χ0) is 18.5. The smallest absolute Gasteiger partial charge is 0.155 e. The number of nitrogens with zero attached hydrogens (tertiary/aromatic N) is 5. The Bertz CT molecular complexity index is 1140. The molecule has 0 saturated carbocycles. The van der Waals surface area contributed by atoms with Crippen molar-refractivity contribution < 1.29 is 0 Å². The highest BCUT2D eigenvalue weighted by Gasteiger charge is 2.38. The summed E-state index contributed by atoms with van der Waals surface area (Å²) >= 11 is 0. The molecule has 2 fully saturated rings. The number of pyridine rings is 1. The maximum Gasteiger partial charge on any atom is 0.155 e. The highest BCUT2D eigenvalue weighted by molar-refractivity contribution is 5.81. The van der Waals surface area contributed by atoms with Crippen molar-refractivity contribution in [3.8, 4) is 22.5 Å². The Morgan fingerprint density at radius 3 is 2.54 bits per heavy atom. The van der Waals surface area contributed by atoms with E-state index in [1.165, 1.54) is 6.42 Å². The lowest BCUT2D eigenvalue weighted by Gasteiger charge is -2.28. The maximum absolute atomic E-state index is 5.03. The van der Waals surface area contributed by atoms with Gasteiger partial charge in [-0.1, -0.05) is 30.3 Å². The van der Waals surface area contributed by atoms with E-state index in [0.717, 1.165) is 47.1 Å². The van der Waals surface area contributed by atoms with Crippen LogP contribution in [0.5, 0.6) is 0 Å². The molecule has 0 spiro atoms. The maximum atomic E-state index is 5.03. The predicted molar refractivity (Wildman–Crippen MR) is 109 cm³/mol. The molecule has 4 aromatic rings. The van der Waals surface area contributed by atoms with E-state index in [-0.39, 0.29) is 0 Å². The lowest BCUT2D eigenvalue weighted by molar-refractivity contribution is 0.573. The van der Waals surface area contributed by atoms with Gasteiger partial charge in [-0.15, -0.1) is 5.10 Å². The van der Waals surface area contributed by atoms with E-state index in [1.807, 2.05) is 47.2 Å². The fraction of sp³-hybridized carbons (Fsp3) is 0.227. The summed E-state index contributed by atoms with van der Waals surface area (Å²) in [5.74, 6) is 1.02. The van der Waals surface area contributed by atoms with Gasteiger partial charge in [-0.05, 0) is 30.7 Å². The number of piperazine rings is 1. The Morgan fingerprint density at radius 2 is 1.79 bits per heavy atom. The molecule has 2 saturated heterocycles. The molecular formula is C22H20N6. The van der Waals surface area contributed by atoms with Crippen LogP contribution in [-0.2, 0) is 0 Å². The van der Waals surface area contributed by atoms with E-state index >= 15 is 0 Å². The summed E-state index contributed by atoms with van der Waals surface area (Å²) in [7, 11) is 0. The third-order valence-corrected chi connectivity index (χ3v) is 5.82. The van der Waals surface area contributed by atoms with Gasteiger partial charge in [-0.25, -0.2) is 9.50 Å². The van der Waals surface area contributed by atoms with E-state index in [4.69, 9.17) is 10.1 Å². The Hall–Kier alpha value is -3.25. The fourth-order valence-corrected chi connectivity index (χ4v) is 4.48. The lowest BCUT2D eigenvalue weighted by atomic mass is 10.1. The molecule has 1 aromatic carbocycles. The van der Waals surface area contributed by atoms with Gasteiger partial charge in [0.2, 0.25) is 0 Å². The molecule has 3 aromatic heterocycles. The zero-order valence-corrected chi connectivity index (χ0v) is 15.4. The van der Waals surface area contributed by atoms with Crippen LogP contribution >= 0.6 is 0 Å². The minimum Gasteiger partial charge on any atom is -0.349 e. The van der Waals surface area contributed by atoms with Crippen LogP contribution in [0.1, 0.15) is 6.42 Å². The zero-order valence-electron chi connectivity index (χ0n) is 15.4. The summed E-state index contributed by atoms with van der Waals surface area (Å²) in [5.41, 5.74) is 4.97. The van der Waals surface area contributed by atoms with Crippen molar-refractivity contribution >= 4 is 11.5 Å². The molecule has 2 atom stereocenters. The van der Waals surface area contributed by atoms with E-state index in [0.29, 0.717) is 12.1 Å². The second-order valence-electron chi connectivity index (χ2n) is 7.52. The molecule has 0 amide bonds. The highest BCUT2D eigenvalue weighted by atomic mass is 15.4. The monoisotopic (exact) mass is 368 g/mol. The summed E-state index contributed by atoms with van der Waals surface area (Å²) in [4.78, 5) is 11.5. The summed E-state index contributed by atoms with van der Waals surface area (Å²) in [6, 6.07) is 19.7. The van der Waals surface area contributed by atoms with Gasteiger partial charge in [0.05, 0.1) is 5.69 Å². The average Bonchev–Trinajstić information content (AvgIpc) is 3.48. The molecule has 2 unspecified atom stereocenters. The first-order valence-corrected chi connectivity index (χ1v) is 9.72. The SMILES string of the molecule is c1ccc(-c2nc3ccc(N4CC5CC4CN5)nn3c2-c2ccncc2)cc1. The second-order valence-corrected chi connectivity index (χ2v) is 7.52. The quantitative estimate of drug-likeness (QED) is 0.602. The van der Waals surface area contributed by atoms with Crippen LogP contribution < -0.4 is 10.2 Å². The molecular weight excluding hydrogens is 348 g/mol. The van der Waals surface area contributed by atoms with Crippen molar-refractivity contribution in [2.45, 2.75) is 18.5 Å². The van der Waals surface area contributed by atoms with Crippen LogP contribution in [0, 0.1) is 0 Å². The molecule has 28 heavy (non-hydrogen) atoms. The lowest BCUT2D eigenvalue weighted by Crippen LogP contribution is -2.44. The van der Waals surface area contributed by atoms with Crippen molar-refractivity contribution in [1.82, 2.24) is 24.9 Å². The van der Waals surface area contributed by atoms with Gasteiger partial charge in [0.25, 0.3) is 0 Å². The Morgan fingerprint density at radius 1 is 0.929 bits per heavy atom. The molecule has 138 valence electrons. The number of imidazole rings is 1. The molecule has 6 heteroatoms.